The lowest BCUT2D eigenvalue weighted by molar-refractivity contribution is 0.181. The molecule has 0 unspecified atom stereocenters. The zero-order chi connectivity index (χ0) is 16.4. The van der Waals surface area contributed by atoms with Gasteiger partial charge >= 0.3 is 6.03 Å². The van der Waals surface area contributed by atoms with Gasteiger partial charge in [0.05, 0.1) is 17.9 Å². The van der Waals surface area contributed by atoms with E-state index < -0.39 is 0 Å². The molecule has 0 spiro atoms. The lowest BCUT2D eigenvalue weighted by atomic mass is 9.98. The summed E-state index contributed by atoms with van der Waals surface area (Å²) < 4.78 is 0. The Balaban J connectivity index is 1.73. The van der Waals surface area contributed by atoms with Crippen LogP contribution in [-0.4, -0.2) is 36.6 Å². The highest BCUT2D eigenvalue weighted by atomic mass is 32.1. The number of nitrogens with zero attached hydrogens (tertiary/aromatic N) is 3. The zero-order valence-corrected chi connectivity index (χ0v) is 14.6. The van der Waals surface area contributed by atoms with Gasteiger partial charge < -0.3 is 15.1 Å². The average Bonchev–Trinajstić information content (AvgIpc) is 3.02. The van der Waals surface area contributed by atoms with Crippen LogP contribution in [0.3, 0.4) is 0 Å². The largest absolute Gasteiger partial charge is 0.363 e. The lowest BCUT2D eigenvalue weighted by Gasteiger charge is -2.35. The maximum absolute atomic E-state index is 12.7. The third-order valence-corrected chi connectivity index (χ3v) is 5.20. The number of rotatable bonds is 3. The Morgan fingerprint density at radius 1 is 1.43 bits per heavy atom. The fourth-order valence-electron chi connectivity index (χ4n) is 3.00. The van der Waals surface area contributed by atoms with Gasteiger partial charge in [-0.3, -0.25) is 0 Å². The Hall–Kier alpha value is -2.08. The Morgan fingerprint density at radius 2 is 2.26 bits per heavy atom. The van der Waals surface area contributed by atoms with Crippen LogP contribution < -0.4 is 10.2 Å². The van der Waals surface area contributed by atoms with Crippen molar-refractivity contribution in [2.24, 2.45) is 0 Å². The molecule has 0 radical (unpaired) electrons. The molecule has 2 aromatic rings. The molecule has 0 aliphatic carbocycles. The monoisotopic (exact) mass is 330 g/mol. The van der Waals surface area contributed by atoms with E-state index in [4.69, 9.17) is 0 Å². The van der Waals surface area contributed by atoms with Gasteiger partial charge in [0.15, 0.2) is 0 Å². The SMILES string of the molecule is CC[C@H]1c2ccsc2CCN1C(=O)Nc1ccc(N(C)C)nc1. The van der Waals surface area contributed by atoms with Crippen molar-refractivity contribution in [3.63, 3.8) is 0 Å². The van der Waals surface area contributed by atoms with E-state index in [0.29, 0.717) is 0 Å². The highest BCUT2D eigenvalue weighted by Crippen LogP contribution is 2.35. The second-order valence-electron chi connectivity index (χ2n) is 5.90. The van der Waals surface area contributed by atoms with Crippen molar-refractivity contribution in [1.82, 2.24) is 9.88 Å². The molecule has 1 aliphatic rings. The third kappa shape index (κ3) is 3.17. The second kappa shape index (κ2) is 6.58. The van der Waals surface area contributed by atoms with Crippen LogP contribution in [0, 0.1) is 0 Å². The summed E-state index contributed by atoms with van der Waals surface area (Å²) in [6.07, 6.45) is 3.57. The summed E-state index contributed by atoms with van der Waals surface area (Å²) in [4.78, 5) is 22.3. The number of nitrogens with one attached hydrogen (secondary N) is 1. The quantitative estimate of drug-likeness (QED) is 0.932. The van der Waals surface area contributed by atoms with Crippen LogP contribution >= 0.6 is 11.3 Å². The first-order chi connectivity index (χ1) is 11.1. The van der Waals surface area contributed by atoms with Crippen LogP contribution in [-0.2, 0) is 6.42 Å². The number of amides is 2. The molecule has 0 fully saturated rings. The molecule has 1 aliphatic heterocycles. The summed E-state index contributed by atoms with van der Waals surface area (Å²) in [5.41, 5.74) is 2.03. The maximum atomic E-state index is 12.7. The molecule has 6 heteroatoms. The molecule has 122 valence electrons. The molecular formula is C17H22N4OS. The van der Waals surface area contributed by atoms with Crippen LogP contribution in [0.5, 0.6) is 0 Å². The first kappa shape index (κ1) is 15.8. The molecule has 0 saturated heterocycles. The third-order valence-electron chi connectivity index (χ3n) is 4.20. The Bertz CT molecular complexity index is 680. The van der Waals surface area contributed by atoms with Crippen LogP contribution in [0.4, 0.5) is 16.3 Å². The van der Waals surface area contributed by atoms with Crippen LogP contribution in [0.25, 0.3) is 0 Å². The predicted octanol–water partition coefficient (Wildman–Crippen LogP) is 3.75. The summed E-state index contributed by atoms with van der Waals surface area (Å²) in [5, 5.41) is 5.10. The molecule has 1 atom stereocenters. The van der Waals surface area contributed by atoms with Crippen molar-refractivity contribution < 1.29 is 4.79 Å². The van der Waals surface area contributed by atoms with Gasteiger partial charge in [0.25, 0.3) is 0 Å². The molecule has 23 heavy (non-hydrogen) atoms. The van der Waals surface area contributed by atoms with Crippen molar-refractivity contribution in [2.75, 3.05) is 30.9 Å². The average molecular weight is 330 g/mol. The van der Waals surface area contributed by atoms with Crippen LogP contribution in [0.1, 0.15) is 29.8 Å². The molecule has 3 heterocycles. The predicted molar refractivity (Wildman–Crippen MR) is 95.3 cm³/mol. The van der Waals surface area contributed by atoms with Gasteiger partial charge in [-0.25, -0.2) is 9.78 Å². The Kier molecular flexibility index (Phi) is 4.52. The van der Waals surface area contributed by atoms with E-state index in [1.807, 2.05) is 36.0 Å². The van der Waals surface area contributed by atoms with Gasteiger partial charge in [0, 0.05) is 25.5 Å². The molecule has 2 amide bonds. The van der Waals surface area contributed by atoms with Crippen molar-refractivity contribution in [1.29, 1.82) is 0 Å². The van der Waals surface area contributed by atoms with Gasteiger partial charge in [-0.2, -0.15) is 0 Å². The molecule has 3 rings (SSSR count). The number of thiophene rings is 1. The van der Waals surface area contributed by atoms with Crippen molar-refractivity contribution >= 4 is 28.9 Å². The van der Waals surface area contributed by atoms with E-state index in [0.717, 1.165) is 30.9 Å². The number of aromatic nitrogens is 1. The number of fused-ring (bicyclic) bond motifs is 1. The summed E-state index contributed by atoms with van der Waals surface area (Å²) in [5.74, 6) is 0.871. The molecule has 2 aromatic heterocycles. The Labute approximate surface area is 140 Å². The molecule has 0 bridgehead atoms. The lowest BCUT2D eigenvalue weighted by Crippen LogP contribution is -2.41. The minimum atomic E-state index is -0.0481. The minimum absolute atomic E-state index is 0.0481. The summed E-state index contributed by atoms with van der Waals surface area (Å²) >= 11 is 1.79. The van der Waals surface area contributed by atoms with Crippen LogP contribution in [0.15, 0.2) is 29.8 Å². The van der Waals surface area contributed by atoms with E-state index in [1.54, 1.807) is 17.5 Å². The number of carbonyl (C=O) groups excluding carboxylic acids is 1. The molecule has 5 nitrogen and oxygen atoms in total. The molecule has 0 saturated carbocycles. The normalized spacial score (nSPS) is 16.8. The summed E-state index contributed by atoms with van der Waals surface area (Å²) in [6.45, 7) is 2.90. The van der Waals surface area contributed by atoms with Crippen molar-refractivity contribution in [3.8, 4) is 0 Å². The number of carbonyl (C=O) groups is 1. The molecule has 0 aromatic carbocycles. The fraction of sp³-hybridized carbons (Fsp3) is 0.412. The molecular weight excluding hydrogens is 308 g/mol. The minimum Gasteiger partial charge on any atom is -0.363 e. The van der Waals surface area contributed by atoms with E-state index in [1.165, 1.54) is 10.4 Å². The first-order valence-corrected chi connectivity index (χ1v) is 8.75. The fourth-order valence-corrected chi connectivity index (χ4v) is 3.93. The van der Waals surface area contributed by atoms with Gasteiger partial charge in [0.1, 0.15) is 5.82 Å². The van der Waals surface area contributed by atoms with Crippen molar-refractivity contribution in [2.45, 2.75) is 25.8 Å². The highest BCUT2D eigenvalue weighted by Gasteiger charge is 2.30. The first-order valence-electron chi connectivity index (χ1n) is 7.87. The summed E-state index contributed by atoms with van der Waals surface area (Å²) in [6, 6.07) is 6.06. The smallest absolute Gasteiger partial charge is 0.322 e. The van der Waals surface area contributed by atoms with E-state index in [9.17, 15) is 4.79 Å². The Morgan fingerprint density at radius 3 is 2.91 bits per heavy atom. The van der Waals surface area contributed by atoms with E-state index in [2.05, 4.69) is 28.7 Å². The van der Waals surface area contributed by atoms with Gasteiger partial charge in [-0.15, -0.1) is 11.3 Å². The van der Waals surface area contributed by atoms with E-state index >= 15 is 0 Å². The topological polar surface area (TPSA) is 48.5 Å². The number of hydrogen-bond donors (Lipinski definition) is 1. The summed E-state index contributed by atoms with van der Waals surface area (Å²) in [7, 11) is 3.89. The number of anilines is 2. The second-order valence-corrected chi connectivity index (χ2v) is 6.90. The van der Waals surface area contributed by atoms with Gasteiger partial charge in [-0.1, -0.05) is 6.92 Å². The zero-order valence-electron chi connectivity index (χ0n) is 13.7. The number of hydrogen-bond acceptors (Lipinski definition) is 4. The number of pyridine rings is 1. The van der Waals surface area contributed by atoms with Crippen molar-refractivity contribution in [3.05, 3.63) is 40.2 Å². The molecule has 1 N–H and O–H groups in total. The number of urea groups is 1. The standard InChI is InChI=1S/C17H22N4OS/c1-4-14-13-8-10-23-15(13)7-9-21(14)17(22)19-12-5-6-16(18-11-12)20(2)3/h5-6,8,10-11,14H,4,7,9H2,1-3H3,(H,19,22)/t14-/m0/s1. The van der Waals surface area contributed by atoms with E-state index in [-0.39, 0.29) is 12.1 Å². The highest BCUT2D eigenvalue weighted by molar-refractivity contribution is 7.10. The maximum Gasteiger partial charge on any atom is 0.322 e. The van der Waals surface area contributed by atoms with Gasteiger partial charge in [-0.05, 0) is 42.0 Å². The van der Waals surface area contributed by atoms with Gasteiger partial charge in [0.2, 0.25) is 0 Å². The van der Waals surface area contributed by atoms with Crippen LogP contribution in [0.2, 0.25) is 0 Å².